The Labute approximate surface area is 108 Å². The molecule has 0 atom stereocenters. The average molecular weight is 264 g/mol. The first-order valence-corrected chi connectivity index (χ1v) is 5.53. The lowest BCUT2D eigenvalue weighted by Gasteiger charge is -2.08. The van der Waals surface area contributed by atoms with Gasteiger partial charge in [-0.3, -0.25) is 0 Å². The van der Waals surface area contributed by atoms with E-state index in [0.717, 1.165) is 0 Å². The van der Waals surface area contributed by atoms with E-state index in [1.54, 1.807) is 31.2 Å². The first-order chi connectivity index (χ1) is 8.56. The summed E-state index contributed by atoms with van der Waals surface area (Å²) < 4.78 is 0. The molecule has 92 valence electrons. The second-order valence-corrected chi connectivity index (χ2v) is 4.05. The van der Waals surface area contributed by atoms with Crippen molar-refractivity contribution in [1.29, 1.82) is 0 Å². The SMILES string of the molecule is Cc1ncc(C(=O)O)c(Nc2ccc(Cl)cc2)n1. The first-order valence-electron chi connectivity index (χ1n) is 5.16. The molecule has 0 aliphatic carbocycles. The van der Waals surface area contributed by atoms with Crippen molar-refractivity contribution in [2.45, 2.75) is 6.92 Å². The molecule has 0 unspecified atom stereocenters. The van der Waals surface area contributed by atoms with Gasteiger partial charge in [0.1, 0.15) is 17.2 Å². The van der Waals surface area contributed by atoms with Gasteiger partial charge in [0.05, 0.1) is 0 Å². The minimum atomic E-state index is -1.08. The molecule has 0 bridgehead atoms. The van der Waals surface area contributed by atoms with Crippen molar-refractivity contribution in [2.75, 3.05) is 5.32 Å². The lowest BCUT2D eigenvalue weighted by molar-refractivity contribution is 0.0697. The van der Waals surface area contributed by atoms with Crippen molar-refractivity contribution < 1.29 is 9.90 Å². The summed E-state index contributed by atoms with van der Waals surface area (Å²) in [6.07, 6.45) is 1.28. The molecular weight excluding hydrogens is 254 g/mol. The van der Waals surface area contributed by atoms with Crippen LogP contribution in [0.15, 0.2) is 30.5 Å². The molecule has 0 aliphatic heterocycles. The highest BCUT2D eigenvalue weighted by atomic mass is 35.5. The van der Waals surface area contributed by atoms with Gasteiger partial charge in [0.25, 0.3) is 0 Å². The summed E-state index contributed by atoms with van der Waals surface area (Å²) in [4.78, 5) is 19.0. The van der Waals surface area contributed by atoms with Crippen molar-refractivity contribution in [1.82, 2.24) is 9.97 Å². The molecule has 2 aromatic rings. The number of benzene rings is 1. The van der Waals surface area contributed by atoms with Gasteiger partial charge in [0, 0.05) is 16.9 Å². The van der Waals surface area contributed by atoms with E-state index >= 15 is 0 Å². The Kier molecular flexibility index (Phi) is 3.43. The van der Waals surface area contributed by atoms with E-state index in [9.17, 15) is 4.79 Å². The van der Waals surface area contributed by atoms with Crippen LogP contribution in [-0.4, -0.2) is 21.0 Å². The fraction of sp³-hybridized carbons (Fsp3) is 0.0833. The molecule has 0 aliphatic rings. The Bertz CT molecular complexity index is 584. The summed E-state index contributed by atoms with van der Waals surface area (Å²) >= 11 is 5.77. The second-order valence-electron chi connectivity index (χ2n) is 3.62. The van der Waals surface area contributed by atoms with E-state index < -0.39 is 5.97 Å². The van der Waals surface area contributed by atoms with Crippen molar-refractivity contribution in [3.8, 4) is 0 Å². The van der Waals surface area contributed by atoms with Crippen LogP contribution in [0.3, 0.4) is 0 Å². The number of aromatic carboxylic acids is 1. The number of nitrogens with one attached hydrogen (secondary N) is 1. The number of carboxylic acid groups (broad SMARTS) is 1. The van der Waals surface area contributed by atoms with Gasteiger partial charge in [-0.05, 0) is 31.2 Å². The number of rotatable bonds is 3. The van der Waals surface area contributed by atoms with Crippen LogP contribution in [0.5, 0.6) is 0 Å². The van der Waals surface area contributed by atoms with E-state index in [-0.39, 0.29) is 11.4 Å². The third-order valence-electron chi connectivity index (χ3n) is 2.25. The third kappa shape index (κ3) is 2.75. The van der Waals surface area contributed by atoms with Crippen LogP contribution < -0.4 is 5.32 Å². The van der Waals surface area contributed by atoms with Crippen LogP contribution in [0.25, 0.3) is 0 Å². The number of hydrogen-bond acceptors (Lipinski definition) is 4. The maximum Gasteiger partial charge on any atom is 0.341 e. The summed E-state index contributed by atoms with van der Waals surface area (Å²) in [5.41, 5.74) is 0.732. The predicted octanol–water partition coefficient (Wildman–Crippen LogP) is 2.88. The van der Waals surface area contributed by atoms with Gasteiger partial charge < -0.3 is 10.4 Å². The van der Waals surface area contributed by atoms with Crippen molar-refractivity contribution in [3.63, 3.8) is 0 Å². The molecule has 0 radical (unpaired) electrons. The van der Waals surface area contributed by atoms with Crippen LogP contribution in [0.1, 0.15) is 16.2 Å². The highest BCUT2D eigenvalue weighted by Crippen LogP contribution is 2.20. The smallest absolute Gasteiger partial charge is 0.341 e. The van der Waals surface area contributed by atoms with E-state index in [0.29, 0.717) is 16.5 Å². The summed E-state index contributed by atoms with van der Waals surface area (Å²) in [6, 6.07) is 6.90. The van der Waals surface area contributed by atoms with E-state index in [1.165, 1.54) is 6.20 Å². The number of carboxylic acids is 1. The molecular formula is C12H10ClN3O2. The zero-order chi connectivity index (χ0) is 13.1. The van der Waals surface area contributed by atoms with E-state index in [4.69, 9.17) is 16.7 Å². The van der Waals surface area contributed by atoms with Gasteiger partial charge in [-0.25, -0.2) is 14.8 Å². The van der Waals surface area contributed by atoms with Crippen LogP contribution >= 0.6 is 11.6 Å². The molecule has 6 heteroatoms. The summed E-state index contributed by atoms with van der Waals surface area (Å²) in [6.45, 7) is 1.69. The topological polar surface area (TPSA) is 75.1 Å². The average Bonchev–Trinajstić information content (AvgIpc) is 2.32. The van der Waals surface area contributed by atoms with Crippen LogP contribution in [-0.2, 0) is 0 Å². The van der Waals surface area contributed by atoms with Crippen LogP contribution in [0.2, 0.25) is 5.02 Å². The Morgan fingerprint density at radius 1 is 1.33 bits per heavy atom. The van der Waals surface area contributed by atoms with Gasteiger partial charge in [0.15, 0.2) is 0 Å². The number of nitrogens with zero attached hydrogens (tertiary/aromatic N) is 2. The van der Waals surface area contributed by atoms with Gasteiger partial charge >= 0.3 is 5.97 Å². The summed E-state index contributed by atoms with van der Waals surface area (Å²) in [5.74, 6) is -0.319. The summed E-state index contributed by atoms with van der Waals surface area (Å²) in [7, 11) is 0. The molecule has 18 heavy (non-hydrogen) atoms. The zero-order valence-corrected chi connectivity index (χ0v) is 10.3. The van der Waals surface area contributed by atoms with Crippen molar-refractivity contribution >= 4 is 29.1 Å². The van der Waals surface area contributed by atoms with E-state index in [1.807, 2.05) is 0 Å². The van der Waals surface area contributed by atoms with Gasteiger partial charge in [-0.1, -0.05) is 11.6 Å². The molecule has 1 aromatic heterocycles. The monoisotopic (exact) mass is 263 g/mol. The molecule has 2 N–H and O–H groups in total. The zero-order valence-electron chi connectivity index (χ0n) is 9.51. The Hall–Kier alpha value is -2.14. The lowest BCUT2D eigenvalue weighted by atomic mass is 10.2. The van der Waals surface area contributed by atoms with Gasteiger partial charge in [-0.15, -0.1) is 0 Å². The van der Waals surface area contributed by atoms with E-state index in [2.05, 4.69) is 15.3 Å². The maximum atomic E-state index is 11.0. The number of halogens is 1. The molecule has 0 saturated heterocycles. The maximum absolute atomic E-state index is 11.0. The highest BCUT2D eigenvalue weighted by molar-refractivity contribution is 6.30. The molecule has 0 amide bonds. The molecule has 5 nitrogen and oxygen atoms in total. The van der Waals surface area contributed by atoms with Gasteiger partial charge in [-0.2, -0.15) is 0 Å². The fourth-order valence-electron chi connectivity index (χ4n) is 1.39. The number of carbonyl (C=O) groups is 1. The van der Waals surface area contributed by atoms with Crippen LogP contribution in [0.4, 0.5) is 11.5 Å². The Morgan fingerprint density at radius 3 is 2.61 bits per heavy atom. The second kappa shape index (κ2) is 5.01. The first kappa shape index (κ1) is 12.3. The Morgan fingerprint density at radius 2 is 2.00 bits per heavy atom. The highest BCUT2D eigenvalue weighted by Gasteiger charge is 2.12. The molecule has 0 spiro atoms. The minimum absolute atomic E-state index is 0.0237. The van der Waals surface area contributed by atoms with Crippen molar-refractivity contribution in [3.05, 3.63) is 46.9 Å². The molecule has 2 rings (SSSR count). The molecule has 0 fully saturated rings. The third-order valence-corrected chi connectivity index (χ3v) is 2.50. The van der Waals surface area contributed by atoms with Gasteiger partial charge in [0.2, 0.25) is 0 Å². The predicted molar refractivity (Wildman–Crippen MR) is 68.5 cm³/mol. The quantitative estimate of drug-likeness (QED) is 0.891. The number of aromatic nitrogens is 2. The minimum Gasteiger partial charge on any atom is -0.477 e. The largest absolute Gasteiger partial charge is 0.477 e. The molecule has 0 saturated carbocycles. The Balaban J connectivity index is 2.35. The fourth-order valence-corrected chi connectivity index (χ4v) is 1.52. The lowest BCUT2D eigenvalue weighted by Crippen LogP contribution is -2.07. The number of anilines is 2. The number of hydrogen-bond donors (Lipinski definition) is 2. The molecule has 1 aromatic carbocycles. The van der Waals surface area contributed by atoms with Crippen molar-refractivity contribution in [2.24, 2.45) is 0 Å². The normalized spacial score (nSPS) is 10.1. The number of aryl methyl sites for hydroxylation is 1. The summed E-state index contributed by atoms with van der Waals surface area (Å²) in [5, 5.41) is 12.6. The van der Waals surface area contributed by atoms with Crippen LogP contribution in [0, 0.1) is 6.92 Å². The standard InChI is InChI=1S/C12H10ClN3O2/c1-7-14-6-10(12(17)18)11(15-7)16-9-4-2-8(13)3-5-9/h2-6H,1H3,(H,17,18)(H,14,15,16). The molecule has 1 heterocycles.